The second-order valence-corrected chi connectivity index (χ2v) is 7.01. The molecule has 0 amide bonds. The van der Waals surface area contributed by atoms with Gasteiger partial charge in [0.1, 0.15) is 21.8 Å². The predicted octanol–water partition coefficient (Wildman–Crippen LogP) is 3.63. The van der Waals surface area contributed by atoms with Crippen molar-refractivity contribution in [2.45, 2.75) is 32.2 Å². The van der Waals surface area contributed by atoms with Crippen LogP contribution in [0, 0.1) is 11.3 Å². The van der Waals surface area contributed by atoms with Gasteiger partial charge >= 0.3 is 5.97 Å². The minimum atomic E-state index is -0.994. The molecule has 0 aliphatic carbocycles. The lowest BCUT2D eigenvalue weighted by atomic mass is 10.0. The SMILES string of the molecule is CC1CCCc2nc3cc(-c4ncc(C(=O)O)s4)cc(C#N)c3n21. The van der Waals surface area contributed by atoms with Crippen molar-refractivity contribution in [2.24, 2.45) is 0 Å². The maximum atomic E-state index is 11.1. The molecule has 4 rings (SSSR count). The molecule has 1 atom stereocenters. The van der Waals surface area contributed by atoms with Gasteiger partial charge in [-0.05, 0) is 31.9 Å². The quantitative estimate of drug-likeness (QED) is 0.770. The molecule has 0 saturated carbocycles. The number of rotatable bonds is 2. The second-order valence-electron chi connectivity index (χ2n) is 5.98. The van der Waals surface area contributed by atoms with Crippen LogP contribution in [-0.4, -0.2) is 25.6 Å². The number of hydrogen-bond donors (Lipinski definition) is 1. The van der Waals surface area contributed by atoms with E-state index in [9.17, 15) is 10.1 Å². The molecule has 0 radical (unpaired) electrons. The largest absolute Gasteiger partial charge is 0.477 e. The number of imidazole rings is 1. The number of nitrogens with zero attached hydrogens (tertiary/aromatic N) is 4. The van der Waals surface area contributed by atoms with Gasteiger partial charge in [-0.2, -0.15) is 5.26 Å². The number of hydrogen-bond acceptors (Lipinski definition) is 5. The van der Waals surface area contributed by atoms with E-state index in [1.165, 1.54) is 6.20 Å². The number of nitriles is 1. The first-order chi connectivity index (χ1) is 11.6. The molecule has 0 bridgehead atoms. The molecule has 1 aliphatic rings. The van der Waals surface area contributed by atoms with Crippen molar-refractivity contribution in [3.63, 3.8) is 0 Å². The lowest BCUT2D eigenvalue weighted by Crippen LogP contribution is -2.15. The van der Waals surface area contributed by atoms with Crippen LogP contribution in [0.15, 0.2) is 18.3 Å². The van der Waals surface area contributed by atoms with Gasteiger partial charge in [0, 0.05) is 18.0 Å². The lowest BCUT2D eigenvalue weighted by Gasteiger charge is -2.22. The monoisotopic (exact) mass is 338 g/mol. The van der Waals surface area contributed by atoms with E-state index in [-0.39, 0.29) is 4.88 Å². The van der Waals surface area contributed by atoms with E-state index in [1.807, 2.05) is 6.07 Å². The second kappa shape index (κ2) is 5.42. The van der Waals surface area contributed by atoms with Crippen LogP contribution in [0.5, 0.6) is 0 Å². The van der Waals surface area contributed by atoms with Gasteiger partial charge in [-0.25, -0.2) is 14.8 Å². The summed E-state index contributed by atoms with van der Waals surface area (Å²) in [5, 5.41) is 19.3. The van der Waals surface area contributed by atoms with Gasteiger partial charge in [0.15, 0.2) is 0 Å². The Morgan fingerprint density at radius 2 is 2.33 bits per heavy atom. The van der Waals surface area contributed by atoms with Crippen molar-refractivity contribution in [3.8, 4) is 16.6 Å². The molecule has 1 N–H and O–H groups in total. The molecule has 1 aromatic carbocycles. The lowest BCUT2D eigenvalue weighted by molar-refractivity contribution is 0.0702. The smallest absolute Gasteiger partial charge is 0.347 e. The summed E-state index contributed by atoms with van der Waals surface area (Å²) < 4.78 is 2.17. The average Bonchev–Trinajstić information content (AvgIpc) is 3.19. The van der Waals surface area contributed by atoms with E-state index in [1.54, 1.807) is 6.07 Å². The molecule has 3 aromatic rings. The Balaban J connectivity index is 1.93. The number of aryl methyl sites for hydroxylation is 1. The highest BCUT2D eigenvalue weighted by Crippen LogP contribution is 2.35. The van der Waals surface area contributed by atoms with Crippen molar-refractivity contribution >= 4 is 28.3 Å². The summed E-state index contributed by atoms with van der Waals surface area (Å²) in [7, 11) is 0. The van der Waals surface area contributed by atoms with Crippen LogP contribution in [0.1, 0.15) is 46.9 Å². The Labute approximate surface area is 142 Å². The minimum absolute atomic E-state index is 0.182. The fraction of sp³-hybridized carbons (Fsp3) is 0.294. The number of carbonyl (C=O) groups is 1. The topological polar surface area (TPSA) is 91.8 Å². The number of fused-ring (bicyclic) bond motifs is 3. The van der Waals surface area contributed by atoms with Gasteiger partial charge in [-0.3, -0.25) is 0 Å². The van der Waals surface area contributed by atoms with Crippen LogP contribution >= 0.6 is 11.3 Å². The summed E-state index contributed by atoms with van der Waals surface area (Å²) in [6, 6.07) is 6.28. The summed E-state index contributed by atoms with van der Waals surface area (Å²) >= 11 is 1.10. The zero-order valence-corrected chi connectivity index (χ0v) is 13.8. The number of benzene rings is 1. The third-order valence-electron chi connectivity index (χ3n) is 4.41. The highest BCUT2D eigenvalue weighted by molar-refractivity contribution is 7.16. The zero-order valence-electron chi connectivity index (χ0n) is 13.0. The van der Waals surface area contributed by atoms with Crippen LogP contribution in [-0.2, 0) is 6.42 Å². The molecule has 0 spiro atoms. The standard InChI is InChI=1S/C17H14N4O2S/c1-9-3-2-4-14-20-12-6-10(5-11(7-18)15(12)21(9)14)16-19-8-13(24-16)17(22)23/h5-6,8-9H,2-4H2,1H3,(H,22,23). The Hall–Kier alpha value is -2.72. The molecule has 2 aromatic heterocycles. The van der Waals surface area contributed by atoms with E-state index in [2.05, 4.69) is 22.5 Å². The molecule has 3 heterocycles. The van der Waals surface area contributed by atoms with E-state index >= 15 is 0 Å². The van der Waals surface area contributed by atoms with Crippen LogP contribution in [0.2, 0.25) is 0 Å². The summed E-state index contributed by atoms with van der Waals surface area (Å²) in [6.45, 7) is 2.15. The Bertz CT molecular complexity index is 1010. The van der Waals surface area contributed by atoms with Gasteiger partial charge in [0.2, 0.25) is 0 Å². The predicted molar refractivity (Wildman–Crippen MR) is 90.2 cm³/mol. The van der Waals surface area contributed by atoms with Crippen molar-refractivity contribution < 1.29 is 9.90 Å². The van der Waals surface area contributed by atoms with Gasteiger partial charge in [-0.1, -0.05) is 0 Å². The maximum Gasteiger partial charge on any atom is 0.347 e. The van der Waals surface area contributed by atoms with Crippen LogP contribution < -0.4 is 0 Å². The highest BCUT2D eigenvalue weighted by atomic mass is 32.1. The normalized spacial score (nSPS) is 16.8. The number of aromatic carboxylic acids is 1. The molecular weight excluding hydrogens is 324 g/mol. The highest BCUT2D eigenvalue weighted by Gasteiger charge is 2.23. The van der Waals surface area contributed by atoms with Crippen molar-refractivity contribution in [1.82, 2.24) is 14.5 Å². The molecule has 6 nitrogen and oxygen atoms in total. The van der Waals surface area contributed by atoms with Crippen LogP contribution in [0.4, 0.5) is 0 Å². The molecule has 120 valence electrons. The van der Waals surface area contributed by atoms with Gasteiger partial charge in [0.25, 0.3) is 0 Å². The van der Waals surface area contributed by atoms with Gasteiger partial charge in [-0.15, -0.1) is 11.3 Å². The van der Waals surface area contributed by atoms with Crippen molar-refractivity contribution in [3.05, 3.63) is 34.6 Å². The van der Waals surface area contributed by atoms with E-state index in [0.717, 1.165) is 53.0 Å². The van der Waals surface area contributed by atoms with Crippen LogP contribution in [0.25, 0.3) is 21.6 Å². The number of carboxylic acids is 1. The van der Waals surface area contributed by atoms with Gasteiger partial charge in [0.05, 0.1) is 22.8 Å². The molecule has 24 heavy (non-hydrogen) atoms. The van der Waals surface area contributed by atoms with Crippen molar-refractivity contribution in [1.29, 1.82) is 5.26 Å². The Kier molecular flexibility index (Phi) is 3.36. The third kappa shape index (κ3) is 2.19. The van der Waals surface area contributed by atoms with Crippen molar-refractivity contribution in [2.75, 3.05) is 0 Å². The molecule has 1 unspecified atom stereocenters. The van der Waals surface area contributed by atoms with E-state index in [4.69, 9.17) is 10.1 Å². The summed E-state index contributed by atoms with van der Waals surface area (Å²) in [5.74, 6) is 0.0226. The molecule has 7 heteroatoms. The summed E-state index contributed by atoms with van der Waals surface area (Å²) in [4.78, 5) is 20.1. The van der Waals surface area contributed by atoms with Gasteiger partial charge < -0.3 is 9.67 Å². The van der Waals surface area contributed by atoms with E-state index < -0.39 is 5.97 Å². The van der Waals surface area contributed by atoms with Crippen LogP contribution in [0.3, 0.4) is 0 Å². The molecular formula is C17H14N4O2S. The summed E-state index contributed by atoms with van der Waals surface area (Å²) in [6.07, 6.45) is 4.45. The first kappa shape index (κ1) is 14.8. The molecule has 0 saturated heterocycles. The summed E-state index contributed by atoms with van der Waals surface area (Å²) in [5.41, 5.74) is 2.94. The fourth-order valence-corrected chi connectivity index (χ4v) is 4.07. The molecule has 0 fully saturated rings. The number of carboxylic acid groups (broad SMARTS) is 1. The van der Waals surface area contributed by atoms with E-state index in [0.29, 0.717) is 16.6 Å². The maximum absolute atomic E-state index is 11.1. The minimum Gasteiger partial charge on any atom is -0.477 e. The number of thiazole rings is 1. The molecule has 1 aliphatic heterocycles. The number of aromatic nitrogens is 3. The third-order valence-corrected chi connectivity index (χ3v) is 5.44. The Morgan fingerprint density at radius 1 is 1.50 bits per heavy atom. The Morgan fingerprint density at radius 3 is 3.04 bits per heavy atom. The first-order valence-electron chi connectivity index (χ1n) is 7.73. The first-order valence-corrected chi connectivity index (χ1v) is 8.54. The average molecular weight is 338 g/mol. The zero-order chi connectivity index (χ0) is 16.8. The fourth-order valence-electron chi connectivity index (χ4n) is 3.33.